The fourth-order valence-electron chi connectivity index (χ4n) is 4.47. The minimum atomic E-state index is 0.250. The van der Waals surface area contributed by atoms with E-state index in [1.165, 1.54) is 19.3 Å². The molecule has 3 aliphatic carbocycles. The SMILES string of the molecule is O=C(Nc1cccc(Br)c1)C1[C@@H]2[C@@H]3CC[C@H](C3)[C@H]12. The van der Waals surface area contributed by atoms with Crippen molar-refractivity contribution in [2.24, 2.45) is 29.6 Å². The quantitative estimate of drug-likeness (QED) is 0.887. The first kappa shape index (κ1) is 11.0. The summed E-state index contributed by atoms with van der Waals surface area (Å²) in [6.45, 7) is 0. The zero-order chi connectivity index (χ0) is 12.3. The molecular weight excluding hydrogens is 290 g/mol. The molecular formula is C15H16BrNO. The van der Waals surface area contributed by atoms with Gasteiger partial charge in [0, 0.05) is 16.1 Å². The molecule has 4 rings (SSSR count). The highest BCUT2D eigenvalue weighted by Crippen LogP contribution is 2.69. The molecule has 0 saturated heterocycles. The highest BCUT2D eigenvalue weighted by molar-refractivity contribution is 9.10. The van der Waals surface area contributed by atoms with Crippen LogP contribution in [0.1, 0.15) is 19.3 Å². The van der Waals surface area contributed by atoms with Crippen molar-refractivity contribution in [2.75, 3.05) is 5.32 Å². The molecule has 1 N–H and O–H groups in total. The molecule has 2 nitrogen and oxygen atoms in total. The number of nitrogens with one attached hydrogen (secondary N) is 1. The first-order valence-corrected chi connectivity index (χ1v) is 7.60. The predicted molar refractivity (Wildman–Crippen MR) is 74.1 cm³/mol. The summed E-state index contributed by atoms with van der Waals surface area (Å²) in [5.41, 5.74) is 0.909. The lowest BCUT2D eigenvalue weighted by molar-refractivity contribution is -0.118. The monoisotopic (exact) mass is 305 g/mol. The van der Waals surface area contributed by atoms with Crippen LogP contribution in [0, 0.1) is 29.6 Å². The molecule has 1 aromatic carbocycles. The molecule has 1 unspecified atom stereocenters. The number of halogens is 1. The van der Waals surface area contributed by atoms with E-state index >= 15 is 0 Å². The summed E-state index contributed by atoms with van der Waals surface area (Å²) in [6, 6.07) is 7.85. The number of hydrogen-bond acceptors (Lipinski definition) is 1. The number of rotatable bonds is 2. The van der Waals surface area contributed by atoms with Crippen LogP contribution in [-0.2, 0) is 4.79 Å². The normalized spacial score (nSPS) is 39.5. The van der Waals surface area contributed by atoms with Gasteiger partial charge in [0.05, 0.1) is 0 Å². The van der Waals surface area contributed by atoms with Crippen molar-refractivity contribution in [1.29, 1.82) is 0 Å². The van der Waals surface area contributed by atoms with Crippen molar-refractivity contribution in [3.8, 4) is 0 Å². The first-order chi connectivity index (χ1) is 8.74. The highest BCUT2D eigenvalue weighted by Gasteiger charge is 2.67. The van der Waals surface area contributed by atoms with E-state index in [1.807, 2.05) is 24.3 Å². The lowest BCUT2D eigenvalue weighted by atomic mass is 10.0. The van der Waals surface area contributed by atoms with Gasteiger partial charge < -0.3 is 5.32 Å². The van der Waals surface area contributed by atoms with Gasteiger partial charge in [0.25, 0.3) is 0 Å². The second-order valence-corrected chi connectivity index (χ2v) is 6.93. The Balaban J connectivity index is 1.47. The molecule has 0 spiro atoms. The molecule has 3 heteroatoms. The molecule has 0 radical (unpaired) electrons. The molecule has 0 aromatic heterocycles. The van der Waals surface area contributed by atoms with Crippen molar-refractivity contribution in [2.45, 2.75) is 19.3 Å². The molecule has 1 amide bonds. The molecule has 0 heterocycles. The van der Waals surface area contributed by atoms with E-state index in [1.54, 1.807) is 0 Å². The number of amides is 1. The Morgan fingerprint density at radius 1 is 1.22 bits per heavy atom. The molecule has 0 aliphatic heterocycles. The average Bonchev–Trinajstić information content (AvgIpc) is 2.79. The van der Waals surface area contributed by atoms with E-state index < -0.39 is 0 Å². The highest BCUT2D eigenvalue weighted by atomic mass is 79.9. The summed E-state index contributed by atoms with van der Waals surface area (Å²) in [5.74, 6) is 3.72. The van der Waals surface area contributed by atoms with Crippen molar-refractivity contribution < 1.29 is 4.79 Å². The standard InChI is InChI=1S/C15H16BrNO/c16-10-2-1-3-11(7-10)17-15(18)14-12-8-4-5-9(6-8)13(12)14/h1-3,7-9,12-14H,4-6H2,(H,17,18)/t8-,9-,12-,13+,14?/m1/s1. The molecule has 3 saturated carbocycles. The van der Waals surface area contributed by atoms with Gasteiger partial charge in [0.2, 0.25) is 5.91 Å². The molecule has 2 bridgehead atoms. The van der Waals surface area contributed by atoms with Gasteiger partial charge in [-0.25, -0.2) is 0 Å². The van der Waals surface area contributed by atoms with Crippen LogP contribution in [-0.4, -0.2) is 5.91 Å². The van der Waals surface area contributed by atoms with Crippen LogP contribution in [0.3, 0.4) is 0 Å². The minimum absolute atomic E-state index is 0.250. The summed E-state index contributed by atoms with van der Waals surface area (Å²) >= 11 is 3.43. The van der Waals surface area contributed by atoms with Crippen LogP contribution in [0.5, 0.6) is 0 Å². The summed E-state index contributed by atoms with van der Waals surface area (Å²) in [5, 5.41) is 3.07. The van der Waals surface area contributed by atoms with Gasteiger partial charge in [-0.1, -0.05) is 22.0 Å². The summed E-state index contributed by atoms with van der Waals surface area (Å²) in [6.07, 6.45) is 4.13. The summed E-state index contributed by atoms with van der Waals surface area (Å²) in [7, 11) is 0. The Labute approximate surface area is 115 Å². The predicted octanol–water partition coefficient (Wildman–Crippen LogP) is 3.68. The van der Waals surface area contributed by atoms with E-state index in [0.717, 1.165) is 33.8 Å². The van der Waals surface area contributed by atoms with Crippen LogP contribution in [0.25, 0.3) is 0 Å². The number of benzene rings is 1. The van der Waals surface area contributed by atoms with Crippen molar-refractivity contribution in [3.63, 3.8) is 0 Å². The lowest BCUT2D eigenvalue weighted by Crippen LogP contribution is -2.18. The number of anilines is 1. The topological polar surface area (TPSA) is 29.1 Å². The first-order valence-electron chi connectivity index (χ1n) is 6.80. The van der Waals surface area contributed by atoms with Crippen LogP contribution >= 0.6 is 15.9 Å². The smallest absolute Gasteiger partial charge is 0.228 e. The third-order valence-electron chi connectivity index (χ3n) is 5.13. The van der Waals surface area contributed by atoms with E-state index in [2.05, 4.69) is 21.2 Å². The average molecular weight is 306 g/mol. The molecule has 1 aromatic rings. The van der Waals surface area contributed by atoms with Crippen LogP contribution in [0.4, 0.5) is 5.69 Å². The van der Waals surface area contributed by atoms with E-state index in [0.29, 0.717) is 5.92 Å². The van der Waals surface area contributed by atoms with Crippen molar-refractivity contribution in [3.05, 3.63) is 28.7 Å². The van der Waals surface area contributed by atoms with Gasteiger partial charge in [-0.3, -0.25) is 4.79 Å². The summed E-state index contributed by atoms with van der Waals surface area (Å²) in [4.78, 5) is 12.3. The lowest BCUT2D eigenvalue weighted by Gasteiger charge is -2.09. The third kappa shape index (κ3) is 1.56. The zero-order valence-electron chi connectivity index (χ0n) is 10.1. The Hall–Kier alpha value is -0.830. The largest absolute Gasteiger partial charge is 0.326 e. The Morgan fingerprint density at radius 2 is 1.94 bits per heavy atom. The molecule has 3 fully saturated rings. The second-order valence-electron chi connectivity index (χ2n) is 6.01. The number of fused-ring (bicyclic) bond motifs is 5. The van der Waals surface area contributed by atoms with E-state index in [9.17, 15) is 4.79 Å². The Morgan fingerprint density at radius 3 is 2.61 bits per heavy atom. The Bertz CT molecular complexity index is 499. The van der Waals surface area contributed by atoms with Gasteiger partial charge in [-0.15, -0.1) is 0 Å². The van der Waals surface area contributed by atoms with Crippen LogP contribution in [0.15, 0.2) is 28.7 Å². The van der Waals surface area contributed by atoms with E-state index in [4.69, 9.17) is 0 Å². The van der Waals surface area contributed by atoms with Gasteiger partial charge in [-0.2, -0.15) is 0 Å². The van der Waals surface area contributed by atoms with Crippen LogP contribution < -0.4 is 5.32 Å². The van der Waals surface area contributed by atoms with Crippen molar-refractivity contribution >= 4 is 27.5 Å². The van der Waals surface area contributed by atoms with Gasteiger partial charge in [-0.05, 0) is 61.1 Å². The maximum Gasteiger partial charge on any atom is 0.228 e. The Kier molecular flexibility index (Phi) is 2.35. The fraction of sp³-hybridized carbons (Fsp3) is 0.533. The van der Waals surface area contributed by atoms with Gasteiger partial charge >= 0.3 is 0 Å². The molecule has 94 valence electrons. The maximum absolute atomic E-state index is 12.3. The third-order valence-corrected chi connectivity index (χ3v) is 5.62. The molecule has 18 heavy (non-hydrogen) atoms. The number of carbonyl (C=O) groups excluding carboxylic acids is 1. The zero-order valence-corrected chi connectivity index (χ0v) is 11.7. The molecule has 5 atom stereocenters. The second kappa shape index (κ2) is 3.83. The summed E-state index contributed by atoms with van der Waals surface area (Å²) < 4.78 is 1.01. The van der Waals surface area contributed by atoms with Crippen molar-refractivity contribution in [1.82, 2.24) is 0 Å². The van der Waals surface area contributed by atoms with Gasteiger partial charge in [0.1, 0.15) is 0 Å². The van der Waals surface area contributed by atoms with Gasteiger partial charge in [0.15, 0.2) is 0 Å². The number of carbonyl (C=O) groups is 1. The van der Waals surface area contributed by atoms with Crippen LogP contribution in [0.2, 0.25) is 0 Å². The van der Waals surface area contributed by atoms with E-state index in [-0.39, 0.29) is 5.91 Å². The minimum Gasteiger partial charge on any atom is -0.326 e. The maximum atomic E-state index is 12.3. The fourth-order valence-corrected chi connectivity index (χ4v) is 4.87. The molecule has 3 aliphatic rings. The number of hydrogen-bond donors (Lipinski definition) is 1.